The number of hydrogen-bond donors (Lipinski definition) is 0. The van der Waals surface area contributed by atoms with E-state index in [1.807, 2.05) is 11.8 Å². The Kier molecular flexibility index (Phi) is 2.78. The Morgan fingerprint density at radius 3 is 2.64 bits per heavy atom. The maximum absolute atomic E-state index is 2.22. The van der Waals surface area contributed by atoms with Crippen molar-refractivity contribution in [2.24, 2.45) is 0 Å². The first-order valence-corrected chi connectivity index (χ1v) is 6.18. The maximum Gasteiger partial charge on any atom is 0.0190 e. The van der Waals surface area contributed by atoms with Crippen molar-refractivity contribution in [2.45, 2.75) is 12.7 Å². The van der Waals surface area contributed by atoms with Gasteiger partial charge in [0, 0.05) is 5.75 Å². The summed E-state index contributed by atoms with van der Waals surface area (Å²) in [6.45, 7) is 2.19. The van der Waals surface area contributed by atoms with E-state index in [0.717, 1.165) is 5.75 Å². The lowest BCUT2D eigenvalue weighted by molar-refractivity contribution is 1.35. The summed E-state index contributed by atoms with van der Waals surface area (Å²) >= 11 is 1.88. The van der Waals surface area contributed by atoms with Crippen molar-refractivity contribution in [3.8, 4) is 0 Å². The van der Waals surface area contributed by atoms with Crippen LogP contribution in [-0.4, -0.2) is 6.26 Å². The van der Waals surface area contributed by atoms with Crippen LogP contribution in [0.1, 0.15) is 11.1 Å². The molecule has 0 unspecified atom stereocenters. The molecule has 0 spiro atoms. The topological polar surface area (TPSA) is 0 Å². The van der Waals surface area contributed by atoms with Crippen molar-refractivity contribution >= 4 is 22.5 Å². The van der Waals surface area contributed by atoms with Gasteiger partial charge in [0.15, 0.2) is 0 Å². The van der Waals surface area contributed by atoms with E-state index in [1.165, 1.54) is 21.9 Å². The molecule has 0 fully saturated rings. The standard InChI is InChI=1S/C13H14S/c1-10-7-8-11-5-3-4-6-12(11)13(10)9-14-2/h3-8H,9H2,1-2H3. The Labute approximate surface area is 89.3 Å². The summed E-state index contributed by atoms with van der Waals surface area (Å²) in [4.78, 5) is 0. The van der Waals surface area contributed by atoms with Crippen LogP contribution in [0.15, 0.2) is 36.4 Å². The third kappa shape index (κ3) is 1.64. The molecule has 72 valence electrons. The summed E-state index contributed by atoms with van der Waals surface area (Å²) in [7, 11) is 0. The average molecular weight is 202 g/mol. The number of aryl methyl sites for hydroxylation is 1. The van der Waals surface area contributed by atoms with Crippen molar-refractivity contribution in [1.82, 2.24) is 0 Å². The highest BCUT2D eigenvalue weighted by Gasteiger charge is 2.02. The van der Waals surface area contributed by atoms with Crippen LogP contribution in [0.2, 0.25) is 0 Å². The summed E-state index contributed by atoms with van der Waals surface area (Å²) in [5, 5.41) is 2.75. The minimum atomic E-state index is 1.10. The Morgan fingerprint density at radius 2 is 1.86 bits per heavy atom. The van der Waals surface area contributed by atoms with Gasteiger partial charge in [-0.25, -0.2) is 0 Å². The number of thioether (sulfide) groups is 1. The summed E-state index contributed by atoms with van der Waals surface area (Å²) in [5.41, 5.74) is 2.88. The van der Waals surface area contributed by atoms with Crippen LogP contribution in [0.5, 0.6) is 0 Å². The molecule has 2 rings (SSSR count). The smallest absolute Gasteiger partial charge is 0.0190 e. The summed E-state index contributed by atoms with van der Waals surface area (Å²) < 4.78 is 0. The number of benzene rings is 2. The van der Waals surface area contributed by atoms with Crippen molar-refractivity contribution < 1.29 is 0 Å². The van der Waals surface area contributed by atoms with Crippen LogP contribution < -0.4 is 0 Å². The van der Waals surface area contributed by atoms with E-state index < -0.39 is 0 Å². The highest BCUT2D eigenvalue weighted by molar-refractivity contribution is 7.97. The minimum absolute atomic E-state index is 1.10. The lowest BCUT2D eigenvalue weighted by Gasteiger charge is -2.08. The first-order valence-electron chi connectivity index (χ1n) is 4.79. The van der Waals surface area contributed by atoms with E-state index >= 15 is 0 Å². The van der Waals surface area contributed by atoms with Gasteiger partial charge in [0.2, 0.25) is 0 Å². The zero-order chi connectivity index (χ0) is 9.97. The van der Waals surface area contributed by atoms with Crippen LogP contribution >= 0.6 is 11.8 Å². The molecule has 0 bridgehead atoms. The predicted octanol–water partition coefficient (Wildman–Crippen LogP) is 4.01. The van der Waals surface area contributed by atoms with Gasteiger partial charge in [-0.2, -0.15) is 11.8 Å². The van der Waals surface area contributed by atoms with E-state index in [1.54, 1.807) is 0 Å². The van der Waals surface area contributed by atoms with Gasteiger partial charge >= 0.3 is 0 Å². The zero-order valence-electron chi connectivity index (χ0n) is 8.58. The van der Waals surface area contributed by atoms with Gasteiger partial charge in [-0.15, -0.1) is 0 Å². The molecule has 0 atom stereocenters. The lowest BCUT2D eigenvalue weighted by Crippen LogP contribution is -1.88. The number of fused-ring (bicyclic) bond motifs is 1. The fourth-order valence-electron chi connectivity index (χ4n) is 1.78. The van der Waals surface area contributed by atoms with E-state index in [9.17, 15) is 0 Å². The molecule has 0 aliphatic heterocycles. The lowest BCUT2D eigenvalue weighted by atomic mass is 10.0. The molecule has 0 radical (unpaired) electrons. The molecule has 0 aliphatic rings. The molecule has 14 heavy (non-hydrogen) atoms. The molecule has 0 N–H and O–H groups in total. The Morgan fingerprint density at radius 1 is 1.07 bits per heavy atom. The largest absolute Gasteiger partial charge is 0.161 e. The molecule has 2 aromatic carbocycles. The van der Waals surface area contributed by atoms with Crippen molar-refractivity contribution in [2.75, 3.05) is 6.26 Å². The van der Waals surface area contributed by atoms with Gasteiger partial charge < -0.3 is 0 Å². The molecule has 1 heteroatoms. The van der Waals surface area contributed by atoms with Crippen LogP contribution in [0.3, 0.4) is 0 Å². The first kappa shape index (κ1) is 9.60. The predicted molar refractivity (Wildman–Crippen MR) is 65.9 cm³/mol. The Balaban J connectivity index is 2.69. The van der Waals surface area contributed by atoms with E-state index in [0.29, 0.717) is 0 Å². The summed E-state index contributed by atoms with van der Waals surface area (Å²) in [6, 6.07) is 13.0. The normalized spacial score (nSPS) is 10.7. The highest BCUT2D eigenvalue weighted by atomic mass is 32.2. The quantitative estimate of drug-likeness (QED) is 0.709. The van der Waals surface area contributed by atoms with Crippen molar-refractivity contribution in [1.29, 1.82) is 0 Å². The van der Waals surface area contributed by atoms with Crippen molar-refractivity contribution in [3.63, 3.8) is 0 Å². The Bertz CT molecular complexity index is 446. The number of rotatable bonds is 2. The monoisotopic (exact) mass is 202 g/mol. The molecule has 0 aromatic heterocycles. The highest BCUT2D eigenvalue weighted by Crippen LogP contribution is 2.24. The van der Waals surface area contributed by atoms with E-state index in [-0.39, 0.29) is 0 Å². The van der Waals surface area contributed by atoms with Gasteiger partial charge in [0.1, 0.15) is 0 Å². The van der Waals surface area contributed by atoms with Gasteiger partial charge in [-0.3, -0.25) is 0 Å². The van der Waals surface area contributed by atoms with E-state index in [4.69, 9.17) is 0 Å². The van der Waals surface area contributed by atoms with Gasteiger partial charge in [-0.05, 0) is 35.1 Å². The van der Waals surface area contributed by atoms with Gasteiger partial charge in [0.05, 0.1) is 0 Å². The van der Waals surface area contributed by atoms with Crippen LogP contribution in [0.4, 0.5) is 0 Å². The van der Waals surface area contributed by atoms with Crippen molar-refractivity contribution in [3.05, 3.63) is 47.5 Å². The number of hydrogen-bond acceptors (Lipinski definition) is 1. The van der Waals surface area contributed by atoms with Gasteiger partial charge in [0.25, 0.3) is 0 Å². The molecule has 0 aliphatic carbocycles. The third-order valence-electron chi connectivity index (χ3n) is 2.56. The van der Waals surface area contributed by atoms with Crippen LogP contribution in [-0.2, 0) is 5.75 Å². The second kappa shape index (κ2) is 4.05. The fraction of sp³-hybridized carbons (Fsp3) is 0.231. The van der Waals surface area contributed by atoms with Gasteiger partial charge in [-0.1, -0.05) is 36.4 Å². The summed E-state index contributed by atoms with van der Waals surface area (Å²) in [6.07, 6.45) is 2.15. The zero-order valence-corrected chi connectivity index (χ0v) is 9.40. The van der Waals surface area contributed by atoms with E-state index in [2.05, 4.69) is 49.6 Å². The molecule has 0 saturated carbocycles. The fourth-order valence-corrected chi connectivity index (χ4v) is 2.45. The molecule has 0 nitrogen and oxygen atoms in total. The molecule has 2 aromatic rings. The molecule has 0 heterocycles. The van der Waals surface area contributed by atoms with Crippen LogP contribution in [0.25, 0.3) is 10.8 Å². The first-order chi connectivity index (χ1) is 6.83. The SMILES string of the molecule is CSCc1c(C)ccc2ccccc12. The third-order valence-corrected chi connectivity index (χ3v) is 3.14. The molecule has 0 amide bonds. The Hall–Kier alpha value is -0.950. The summed E-state index contributed by atoms with van der Waals surface area (Å²) in [5.74, 6) is 1.10. The second-order valence-corrected chi connectivity index (χ2v) is 4.38. The average Bonchev–Trinajstić information content (AvgIpc) is 2.23. The molecule has 0 saturated heterocycles. The van der Waals surface area contributed by atoms with Crippen LogP contribution in [0, 0.1) is 6.92 Å². The second-order valence-electron chi connectivity index (χ2n) is 3.52. The molecular formula is C13H14S. The maximum atomic E-state index is 2.22. The minimum Gasteiger partial charge on any atom is -0.161 e. The molecular weight excluding hydrogens is 188 g/mol.